The number of sulfonamides is 1. The zero-order valence-corrected chi connectivity index (χ0v) is 11.8. The van der Waals surface area contributed by atoms with Crippen molar-refractivity contribution in [1.82, 2.24) is 14.3 Å². The lowest BCUT2D eigenvalue weighted by Crippen LogP contribution is -2.39. The van der Waals surface area contributed by atoms with Crippen molar-refractivity contribution in [2.45, 2.75) is 19.3 Å². The highest BCUT2D eigenvalue weighted by atomic mass is 35.5. The van der Waals surface area contributed by atoms with Crippen LogP contribution in [-0.4, -0.2) is 42.0 Å². The maximum Gasteiger partial charge on any atom is 0.211 e. The van der Waals surface area contributed by atoms with Gasteiger partial charge in [0.15, 0.2) is 0 Å². The molecule has 1 aromatic heterocycles. The summed E-state index contributed by atoms with van der Waals surface area (Å²) in [5.41, 5.74) is 0.750. The molecule has 100 valence electrons. The third-order valence-electron chi connectivity index (χ3n) is 3.16. The summed E-state index contributed by atoms with van der Waals surface area (Å²) in [7, 11) is -3.10. The summed E-state index contributed by atoms with van der Waals surface area (Å²) in [6, 6.07) is 0. The lowest BCUT2D eigenvalue weighted by atomic mass is 9.95. The average Bonchev–Trinajstić information content (AvgIpc) is 2.31. The molecule has 5 nitrogen and oxygen atoms in total. The number of aromatic nitrogens is 2. The van der Waals surface area contributed by atoms with E-state index in [1.807, 2.05) is 0 Å². The largest absolute Gasteiger partial charge is 0.256 e. The predicted octanol–water partition coefficient (Wildman–Crippen LogP) is 1.34. The fourth-order valence-electron chi connectivity index (χ4n) is 2.25. The van der Waals surface area contributed by atoms with Crippen LogP contribution in [-0.2, 0) is 16.4 Å². The van der Waals surface area contributed by atoms with Crippen LogP contribution in [0.4, 0.5) is 0 Å². The van der Waals surface area contributed by atoms with E-state index in [0.29, 0.717) is 24.7 Å². The number of nitrogens with zero attached hydrogens (tertiary/aromatic N) is 3. The van der Waals surface area contributed by atoms with Gasteiger partial charge in [0.1, 0.15) is 5.15 Å². The van der Waals surface area contributed by atoms with Crippen LogP contribution in [0, 0.1) is 5.92 Å². The molecule has 1 aromatic rings. The van der Waals surface area contributed by atoms with Crippen LogP contribution in [0.25, 0.3) is 0 Å². The minimum atomic E-state index is -3.10. The van der Waals surface area contributed by atoms with E-state index in [0.717, 1.165) is 18.5 Å². The number of piperidine rings is 1. The van der Waals surface area contributed by atoms with E-state index in [4.69, 9.17) is 11.6 Å². The Bertz CT molecular complexity index is 521. The SMILES string of the molecule is CS(=O)(=O)N1CCC[C@H](Cc2nccnc2Cl)C1. The van der Waals surface area contributed by atoms with Gasteiger partial charge in [-0.25, -0.2) is 17.7 Å². The summed E-state index contributed by atoms with van der Waals surface area (Å²) in [5, 5.41) is 0.411. The normalized spacial score (nSPS) is 22.0. The van der Waals surface area contributed by atoms with Crippen LogP contribution >= 0.6 is 11.6 Å². The van der Waals surface area contributed by atoms with Gasteiger partial charge >= 0.3 is 0 Å². The minimum absolute atomic E-state index is 0.266. The van der Waals surface area contributed by atoms with Crippen molar-refractivity contribution < 1.29 is 8.42 Å². The fraction of sp³-hybridized carbons (Fsp3) is 0.636. The highest BCUT2D eigenvalue weighted by molar-refractivity contribution is 7.88. The first-order chi connectivity index (χ1) is 8.47. The van der Waals surface area contributed by atoms with Gasteiger partial charge in [0.2, 0.25) is 10.0 Å². The molecule has 0 aromatic carbocycles. The molecular formula is C11H16ClN3O2S. The van der Waals surface area contributed by atoms with Gasteiger partial charge in [0.05, 0.1) is 11.9 Å². The Morgan fingerprint density at radius 3 is 2.83 bits per heavy atom. The van der Waals surface area contributed by atoms with E-state index in [1.165, 1.54) is 10.6 Å². The first-order valence-electron chi connectivity index (χ1n) is 5.87. The first-order valence-corrected chi connectivity index (χ1v) is 8.10. The lowest BCUT2D eigenvalue weighted by Gasteiger charge is -2.30. The molecule has 0 bridgehead atoms. The van der Waals surface area contributed by atoms with E-state index in [-0.39, 0.29) is 5.92 Å². The lowest BCUT2D eigenvalue weighted by molar-refractivity contribution is 0.265. The Morgan fingerprint density at radius 1 is 1.44 bits per heavy atom. The van der Waals surface area contributed by atoms with E-state index in [2.05, 4.69) is 9.97 Å². The molecule has 0 N–H and O–H groups in total. The molecule has 0 amide bonds. The summed E-state index contributed by atoms with van der Waals surface area (Å²) in [4.78, 5) is 8.18. The van der Waals surface area contributed by atoms with Crippen molar-refractivity contribution in [2.75, 3.05) is 19.3 Å². The van der Waals surface area contributed by atoms with Crippen molar-refractivity contribution in [3.8, 4) is 0 Å². The molecular weight excluding hydrogens is 274 g/mol. The maximum absolute atomic E-state index is 11.5. The number of hydrogen-bond donors (Lipinski definition) is 0. The van der Waals surface area contributed by atoms with Gasteiger partial charge < -0.3 is 0 Å². The van der Waals surface area contributed by atoms with Gasteiger partial charge in [-0.05, 0) is 25.2 Å². The van der Waals surface area contributed by atoms with Crippen LogP contribution < -0.4 is 0 Å². The van der Waals surface area contributed by atoms with Gasteiger partial charge in [-0.1, -0.05) is 11.6 Å². The third kappa shape index (κ3) is 3.40. The summed E-state index contributed by atoms with van der Waals surface area (Å²) < 4.78 is 24.6. The van der Waals surface area contributed by atoms with Gasteiger partial charge in [-0.3, -0.25) is 4.98 Å². The van der Waals surface area contributed by atoms with E-state index in [9.17, 15) is 8.42 Å². The van der Waals surface area contributed by atoms with E-state index < -0.39 is 10.0 Å². The zero-order valence-electron chi connectivity index (χ0n) is 10.2. The quantitative estimate of drug-likeness (QED) is 0.842. The van der Waals surface area contributed by atoms with Gasteiger partial charge in [0.25, 0.3) is 0 Å². The molecule has 1 saturated heterocycles. The van der Waals surface area contributed by atoms with Crippen LogP contribution in [0.1, 0.15) is 18.5 Å². The van der Waals surface area contributed by atoms with Gasteiger partial charge in [-0.2, -0.15) is 0 Å². The molecule has 7 heteroatoms. The minimum Gasteiger partial charge on any atom is -0.256 e. The number of rotatable bonds is 3. The molecule has 18 heavy (non-hydrogen) atoms. The van der Waals surface area contributed by atoms with Crippen molar-refractivity contribution in [3.63, 3.8) is 0 Å². The van der Waals surface area contributed by atoms with Crippen molar-refractivity contribution in [1.29, 1.82) is 0 Å². The molecule has 2 heterocycles. The molecule has 1 aliphatic heterocycles. The molecule has 1 atom stereocenters. The van der Waals surface area contributed by atoms with Crippen molar-refractivity contribution >= 4 is 21.6 Å². The fourth-order valence-corrected chi connectivity index (χ4v) is 3.38. The van der Waals surface area contributed by atoms with Crippen molar-refractivity contribution in [2.24, 2.45) is 5.92 Å². The molecule has 0 aliphatic carbocycles. The molecule has 0 radical (unpaired) electrons. The highest BCUT2D eigenvalue weighted by Gasteiger charge is 2.26. The van der Waals surface area contributed by atoms with Gasteiger partial charge in [0, 0.05) is 25.5 Å². The van der Waals surface area contributed by atoms with E-state index >= 15 is 0 Å². The standard InChI is InChI=1S/C11H16ClN3O2S/c1-18(16,17)15-6-2-3-9(8-15)7-10-11(12)14-5-4-13-10/h4-5,9H,2-3,6-8H2,1H3/t9-/m1/s1. The zero-order chi connectivity index (χ0) is 13.2. The molecule has 2 rings (SSSR count). The van der Waals surface area contributed by atoms with Crippen LogP contribution in [0.3, 0.4) is 0 Å². The van der Waals surface area contributed by atoms with Crippen LogP contribution in [0.2, 0.25) is 5.15 Å². The maximum atomic E-state index is 11.5. The molecule has 1 fully saturated rings. The summed E-state index contributed by atoms with van der Waals surface area (Å²) >= 11 is 5.96. The Kier molecular flexibility index (Phi) is 4.19. The Morgan fingerprint density at radius 2 is 2.17 bits per heavy atom. The Hall–Kier alpha value is -0.720. The summed E-state index contributed by atoms with van der Waals surface area (Å²) in [5.74, 6) is 0.266. The predicted molar refractivity (Wildman–Crippen MR) is 69.9 cm³/mol. The number of hydrogen-bond acceptors (Lipinski definition) is 4. The Labute approximate surface area is 112 Å². The second-order valence-electron chi connectivity index (χ2n) is 4.63. The molecule has 1 aliphatic rings. The highest BCUT2D eigenvalue weighted by Crippen LogP contribution is 2.23. The second kappa shape index (κ2) is 5.50. The van der Waals surface area contributed by atoms with Crippen molar-refractivity contribution in [3.05, 3.63) is 23.2 Å². The van der Waals surface area contributed by atoms with Gasteiger partial charge in [-0.15, -0.1) is 0 Å². The third-order valence-corrected chi connectivity index (χ3v) is 4.74. The number of halogens is 1. The molecule has 0 spiro atoms. The molecule has 0 saturated carbocycles. The summed E-state index contributed by atoms with van der Waals surface area (Å²) in [6.45, 7) is 1.16. The van der Waals surface area contributed by atoms with E-state index in [1.54, 1.807) is 12.4 Å². The monoisotopic (exact) mass is 289 g/mol. The Balaban J connectivity index is 2.05. The summed E-state index contributed by atoms with van der Waals surface area (Å²) in [6.07, 6.45) is 6.98. The smallest absolute Gasteiger partial charge is 0.211 e. The topological polar surface area (TPSA) is 63.2 Å². The average molecular weight is 290 g/mol. The molecule has 0 unspecified atom stereocenters. The van der Waals surface area contributed by atoms with Crippen LogP contribution in [0.5, 0.6) is 0 Å². The first kappa shape index (κ1) is 13.7. The van der Waals surface area contributed by atoms with Crippen LogP contribution in [0.15, 0.2) is 12.4 Å². The second-order valence-corrected chi connectivity index (χ2v) is 6.97.